The Labute approximate surface area is 147 Å². The van der Waals surface area contributed by atoms with E-state index in [9.17, 15) is 13.4 Å². The van der Waals surface area contributed by atoms with Crippen molar-refractivity contribution in [1.29, 1.82) is 0 Å². The van der Waals surface area contributed by atoms with E-state index in [0.29, 0.717) is 17.1 Å². The lowest BCUT2D eigenvalue weighted by atomic mass is 10.1. The van der Waals surface area contributed by atoms with E-state index >= 15 is 0 Å². The lowest BCUT2D eigenvalue weighted by molar-refractivity contribution is 0.629. The lowest BCUT2D eigenvalue weighted by Gasteiger charge is -2.18. The molecule has 0 bridgehead atoms. The zero-order valence-electron chi connectivity index (χ0n) is 13.7. The minimum absolute atomic E-state index is 0.110. The Morgan fingerprint density at radius 1 is 1.29 bits per heavy atom. The molecule has 1 unspecified atom stereocenters. The molecule has 0 radical (unpaired) electrons. The van der Waals surface area contributed by atoms with Gasteiger partial charge in [0.15, 0.2) is 0 Å². The molecule has 2 rings (SSSR count). The summed E-state index contributed by atoms with van der Waals surface area (Å²) >= 11 is 5.57. The maximum Gasteiger partial charge on any atom is 0.254 e. The molecule has 2 N–H and O–H groups in total. The van der Waals surface area contributed by atoms with Gasteiger partial charge in [-0.05, 0) is 37.1 Å². The Hall–Kier alpha value is -1.86. The van der Waals surface area contributed by atoms with E-state index in [-0.39, 0.29) is 16.5 Å². The minimum Gasteiger partial charge on any atom is -0.337 e. The predicted molar refractivity (Wildman–Crippen MR) is 98.0 cm³/mol. The fourth-order valence-electron chi connectivity index (χ4n) is 2.28. The zero-order valence-corrected chi connectivity index (χ0v) is 15.2. The van der Waals surface area contributed by atoms with Crippen molar-refractivity contribution in [2.75, 3.05) is 15.3 Å². The Balaban J connectivity index is 2.50. The smallest absolute Gasteiger partial charge is 0.254 e. The van der Waals surface area contributed by atoms with Crippen LogP contribution in [0.5, 0.6) is 0 Å². The van der Waals surface area contributed by atoms with Crippen molar-refractivity contribution in [3.05, 3.63) is 51.6 Å². The van der Waals surface area contributed by atoms with Crippen molar-refractivity contribution in [2.45, 2.75) is 20.3 Å². The molecule has 1 heterocycles. The maximum absolute atomic E-state index is 14.2. The fourth-order valence-corrected chi connectivity index (χ4v) is 2.90. The monoisotopic (exact) mass is 371 g/mol. The summed E-state index contributed by atoms with van der Waals surface area (Å²) in [5.41, 5.74) is 1.75. The van der Waals surface area contributed by atoms with Gasteiger partial charge in [0.1, 0.15) is 27.8 Å². The second-order valence-electron chi connectivity index (χ2n) is 5.30. The second kappa shape index (κ2) is 7.81. The highest BCUT2D eigenvalue weighted by molar-refractivity contribution is 7.87. The van der Waals surface area contributed by atoms with E-state index in [4.69, 9.17) is 11.6 Å². The number of anilines is 3. The van der Waals surface area contributed by atoms with Gasteiger partial charge in [-0.3, -0.25) is 9.36 Å². The van der Waals surface area contributed by atoms with Crippen molar-refractivity contribution in [3.63, 3.8) is 0 Å². The normalized spacial score (nSPS) is 12.0. The Morgan fingerprint density at radius 2 is 2.00 bits per heavy atom. The summed E-state index contributed by atoms with van der Waals surface area (Å²) in [6.45, 7) is 3.59. The van der Waals surface area contributed by atoms with Crippen LogP contribution >= 0.6 is 11.6 Å². The van der Waals surface area contributed by atoms with E-state index in [2.05, 4.69) is 10.0 Å². The van der Waals surface area contributed by atoms with Crippen LogP contribution < -0.4 is 15.6 Å². The largest absolute Gasteiger partial charge is 0.337 e. The first-order valence-corrected chi connectivity index (χ1v) is 9.19. The molecule has 0 aliphatic heterocycles. The van der Waals surface area contributed by atoms with E-state index in [1.807, 2.05) is 13.0 Å². The van der Waals surface area contributed by atoms with E-state index in [1.165, 1.54) is 10.6 Å². The van der Waals surface area contributed by atoms with Crippen LogP contribution in [0, 0.1) is 12.7 Å². The first-order valence-electron chi connectivity index (χ1n) is 7.34. The van der Waals surface area contributed by atoms with Gasteiger partial charge >= 0.3 is 0 Å². The highest BCUT2D eigenvalue weighted by Crippen LogP contribution is 2.27. The molecule has 0 spiro atoms. The number of nitrogens with zero attached hydrogens (tertiary/aromatic N) is 1. The molecule has 0 fully saturated rings. The average Bonchev–Trinajstić information content (AvgIpc) is 2.57. The molecule has 1 aromatic heterocycles. The van der Waals surface area contributed by atoms with Crippen LogP contribution in [0.25, 0.3) is 0 Å². The number of benzene rings is 1. The molecule has 0 saturated carbocycles. The van der Waals surface area contributed by atoms with Gasteiger partial charge in [-0.2, -0.15) is 0 Å². The third-order valence-corrected chi connectivity index (χ3v) is 4.85. The van der Waals surface area contributed by atoms with Crippen LogP contribution in [0.3, 0.4) is 0 Å². The molecule has 0 aliphatic carbocycles. The average molecular weight is 372 g/mol. The quantitative estimate of drug-likeness (QED) is 0.765. The SMILES string of the molecule is CCc1ccc(Nc2c(NS(=O)CCl)cc(C)c(=O)n2C)c(F)c1. The number of hydrogen-bond donors (Lipinski definition) is 2. The second-order valence-corrected chi connectivity index (χ2v) is 7.07. The van der Waals surface area contributed by atoms with Crippen LogP contribution in [0.1, 0.15) is 18.1 Å². The third kappa shape index (κ3) is 3.96. The molecule has 0 amide bonds. The molecule has 130 valence electrons. The number of hydrogen-bond acceptors (Lipinski definition) is 3. The maximum atomic E-state index is 14.2. The number of pyridine rings is 1. The Bertz CT molecular complexity index is 839. The molecule has 2 aromatic rings. The van der Waals surface area contributed by atoms with Gasteiger partial charge in [0.2, 0.25) is 0 Å². The van der Waals surface area contributed by atoms with Crippen LogP contribution in [0.2, 0.25) is 0 Å². The lowest BCUT2D eigenvalue weighted by Crippen LogP contribution is -2.23. The summed E-state index contributed by atoms with van der Waals surface area (Å²) in [7, 11) is 0.0468. The van der Waals surface area contributed by atoms with Crippen molar-refractivity contribution in [2.24, 2.45) is 7.05 Å². The van der Waals surface area contributed by atoms with Gasteiger partial charge in [-0.1, -0.05) is 13.0 Å². The van der Waals surface area contributed by atoms with Gasteiger partial charge in [0, 0.05) is 12.6 Å². The van der Waals surface area contributed by atoms with E-state index in [0.717, 1.165) is 12.0 Å². The molecule has 5 nitrogen and oxygen atoms in total. The number of aryl methyl sites for hydroxylation is 2. The van der Waals surface area contributed by atoms with E-state index < -0.39 is 16.8 Å². The fraction of sp³-hybridized carbons (Fsp3) is 0.312. The van der Waals surface area contributed by atoms with Crippen molar-refractivity contribution in [1.82, 2.24) is 4.57 Å². The third-order valence-electron chi connectivity index (χ3n) is 3.61. The molecular weight excluding hydrogens is 353 g/mol. The number of alkyl halides is 1. The summed E-state index contributed by atoms with van der Waals surface area (Å²) in [6, 6.07) is 6.43. The van der Waals surface area contributed by atoms with Gasteiger partial charge in [-0.25, -0.2) is 8.60 Å². The first kappa shape index (κ1) is 18.5. The topological polar surface area (TPSA) is 63.1 Å². The Morgan fingerprint density at radius 3 is 2.58 bits per heavy atom. The highest BCUT2D eigenvalue weighted by atomic mass is 35.5. The van der Waals surface area contributed by atoms with Crippen molar-refractivity contribution in [3.8, 4) is 0 Å². The van der Waals surface area contributed by atoms with Crippen LogP contribution in [0.4, 0.5) is 21.6 Å². The van der Waals surface area contributed by atoms with Gasteiger partial charge in [0.25, 0.3) is 5.56 Å². The Kier molecular flexibility index (Phi) is 6.01. The molecule has 1 aromatic carbocycles. The molecule has 0 saturated heterocycles. The summed E-state index contributed by atoms with van der Waals surface area (Å²) in [5.74, 6) is -0.112. The predicted octanol–water partition coefficient (Wildman–Crippen LogP) is 3.41. The summed E-state index contributed by atoms with van der Waals surface area (Å²) in [5, 5.41) is 2.80. The minimum atomic E-state index is -1.51. The molecule has 8 heteroatoms. The number of nitrogens with one attached hydrogen (secondary N) is 2. The summed E-state index contributed by atoms with van der Waals surface area (Å²) in [6.07, 6.45) is 0.724. The molecule has 24 heavy (non-hydrogen) atoms. The molecular formula is C16H19ClFN3O2S. The van der Waals surface area contributed by atoms with Crippen LogP contribution in [0.15, 0.2) is 29.1 Å². The van der Waals surface area contributed by atoms with E-state index in [1.54, 1.807) is 26.1 Å². The van der Waals surface area contributed by atoms with Gasteiger partial charge in [0.05, 0.1) is 11.4 Å². The van der Waals surface area contributed by atoms with Gasteiger partial charge in [-0.15, -0.1) is 11.6 Å². The standard InChI is InChI=1S/C16H19ClFN3O2S/c1-4-11-5-6-13(12(18)8-11)19-15-14(20-24(23)9-17)7-10(2)16(22)21(15)3/h5-8,19-20H,4,9H2,1-3H3. The van der Waals surface area contributed by atoms with Crippen LogP contribution in [-0.4, -0.2) is 14.0 Å². The van der Waals surface area contributed by atoms with Crippen molar-refractivity contribution >= 4 is 39.8 Å². The zero-order chi connectivity index (χ0) is 17.9. The van der Waals surface area contributed by atoms with Crippen molar-refractivity contribution < 1.29 is 8.60 Å². The number of halogens is 2. The summed E-state index contributed by atoms with van der Waals surface area (Å²) in [4.78, 5) is 12.2. The highest BCUT2D eigenvalue weighted by Gasteiger charge is 2.14. The first-order chi connectivity index (χ1) is 11.4. The van der Waals surface area contributed by atoms with Gasteiger partial charge < -0.3 is 10.0 Å². The number of aromatic nitrogens is 1. The van der Waals surface area contributed by atoms with Crippen LogP contribution in [-0.2, 0) is 24.5 Å². The molecule has 0 aliphatic rings. The summed E-state index contributed by atoms with van der Waals surface area (Å²) < 4.78 is 30.0. The molecule has 1 atom stereocenters. The number of rotatable bonds is 6.